The molecule has 5 heteroatoms. The third-order valence-electron chi connectivity index (χ3n) is 3.15. The molecule has 0 amide bonds. The van der Waals surface area contributed by atoms with Gasteiger partial charge in [-0.2, -0.15) is 16.4 Å². The van der Waals surface area contributed by atoms with E-state index in [1.807, 2.05) is 11.7 Å². The van der Waals surface area contributed by atoms with Crippen molar-refractivity contribution in [1.82, 2.24) is 15.2 Å². The summed E-state index contributed by atoms with van der Waals surface area (Å²) in [5.74, 6) is 5.69. The second-order valence-corrected chi connectivity index (χ2v) is 5.23. The highest BCUT2D eigenvalue weighted by atomic mass is 32.1. The van der Waals surface area contributed by atoms with Crippen LogP contribution in [0.5, 0.6) is 0 Å². The fraction of sp³-hybridized carbons (Fsp3) is 0.462. The first-order chi connectivity index (χ1) is 8.74. The molecule has 0 aliphatic rings. The number of hydrogen-bond acceptors (Lipinski definition) is 4. The molecular formula is C13H20N4S. The van der Waals surface area contributed by atoms with Gasteiger partial charge in [-0.1, -0.05) is 6.92 Å². The van der Waals surface area contributed by atoms with Crippen LogP contribution in [0.25, 0.3) is 0 Å². The van der Waals surface area contributed by atoms with Crippen molar-refractivity contribution in [2.75, 3.05) is 0 Å². The van der Waals surface area contributed by atoms with E-state index in [0.717, 1.165) is 25.0 Å². The Balaban J connectivity index is 2.07. The van der Waals surface area contributed by atoms with Crippen LogP contribution >= 0.6 is 11.3 Å². The molecule has 0 saturated carbocycles. The van der Waals surface area contributed by atoms with Crippen LogP contribution in [0.1, 0.15) is 36.2 Å². The number of hydrogen-bond donors (Lipinski definition) is 2. The minimum atomic E-state index is 0.175. The van der Waals surface area contributed by atoms with E-state index in [9.17, 15) is 0 Å². The van der Waals surface area contributed by atoms with Crippen molar-refractivity contribution < 1.29 is 0 Å². The first-order valence-electron chi connectivity index (χ1n) is 6.24. The Morgan fingerprint density at radius 1 is 1.56 bits per heavy atom. The zero-order valence-electron chi connectivity index (χ0n) is 10.9. The van der Waals surface area contributed by atoms with Crippen molar-refractivity contribution >= 4 is 11.3 Å². The minimum absolute atomic E-state index is 0.175. The smallest absolute Gasteiger partial charge is 0.0670 e. The number of thiophene rings is 1. The molecule has 0 bridgehead atoms. The van der Waals surface area contributed by atoms with Crippen LogP contribution in [0, 0.1) is 0 Å². The molecule has 2 heterocycles. The average molecular weight is 264 g/mol. The van der Waals surface area contributed by atoms with Crippen molar-refractivity contribution in [3.05, 3.63) is 39.8 Å². The second kappa shape index (κ2) is 6.13. The Bertz CT molecular complexity index is 475. The van der Waals surface area contributed by atoms with Gasteiger partial charge >= 0.3 is 0 Å². The Morgan fingerprint density at radius 2 is 2.39 bits per heavy atom. The second-order valence-electron chi connectivity index (χ2n) is 4.45. The highest BCUT2D eigenvalue weighted by Crippen LogP contribution is 2.22. The van der Waals surface area contributed by atoms with Crippen LogP contribution < -0.4 is 11.3 Å². The fourth-order valence-electron chi connectivity index (χ4n) is 2.19. The van der Waals surface area contributed by atoms with E-state index in [4.69, 9.17) is 5.84 Å². The predicted molar refractivity (Wildman–Crippen MR) is 75.3 cm³/mol. The maximum Gasteiger partial charge on any atom is 0.0670 e. The largest absolute Gasteiger partial charge is 0.275 e. The average Bonchev–Trinajstić information content (AvgIpc) is 2.99. The predicted octanol–water partition coefficient (Wildman–Crippen LogP) is 2.18. The molecule has 0 aliphatic carbocycles. The lowest BCUT2D eigenvalue weighted by atomic mass is 10.0. The van der Waals surface area contributed by atoms with Crippen molar-refractivity contribution in [2.24, 2.45) is 12.9 Å². The van der Waals surface area contributed by atoms with Gasteiger partial charge in [0.05, 0.1) is 5.69 Å². The van der Waals surface area contributed by atoms with Gasteiger partial charge in [0, 0.05) is 24.8 Å². The number of aromatic nitrogens is 2. The summed E-state index contributed by atoms with van der Waals surface area (Å²) in [7, 11) is 1.95. The van der Waals surface area contributed by atoms with Crippen molar-refractivity contribution in [2.45, 2.75) is 32.2 Å². The zero-order valence-corrected chi connectivity index (χ0v) is 11.7. The van der Waals surface area contributed by atoms with Gasteiger partial charge in [0.2, 0.25) is 0 Å². The Morgan fingerprint density at radius 3 is 3.00 bits per heavy atom. The summed E-state index contributed by atoms with van der Waals surface area (Å²) in [6.07, 6.45) is 5.03. The molecule has 0 spiro atoms. The van der Waals surface area contributed by atoms with Crippen LogP contribution in [-0.4, -0.2) is 9.78 Å². The molecular weight excluding hydrogens is 244 g/mol. The summed E-state index contributed by atoms with van der Waals surface area (Å²) >= 11 is 1.74. The van der Waals surface area contributed by atoms with Gasteiger partial charge in [0.25, 0.3) is 0 Å². The first-order valence-corrected chi connectivity index (χ1v) is 7.18. The van der Waals surface area contributed by atoms with E-state index in [1.165, 1.54) is 11.1 Å². The highest BCUT2D eigenvalue weighted by molar-refractivity contribution is 7.07. The topological polar surface area (TPSA) is 55.9 Å². The van der Waals surface area contributed by atoms with E-state index in [0.29, 0.717) is 0 Å². The minimum Gasteiger partial charge on any atom is -0.275 e. The number of nitrogens with zero attached hydrogens (tertiary/aromatic N) is 2. The molecule has 2 rings (SSSR count). The molecule has 0 aliphatic heterocycles. The summed E-state index contributed by atoms with van der Waals surface area (Å²) in [5.41, 5.74) is 6.65. The standard InChI is InChI=1S/C13H20N4S/c1-3-12-11(8-17(2)16-12)13(15-14)5-4-10-6-7-18-9-10/h6-9,13,15H,3-5,14H2,1-2H3. The van der Waals surface area contributed by atoms with Gasteiger partial charge in [0.1, 0.15) is 0 Å². The Labute approximate surface area is 112 Å². The molecule has 1 unspecified atom stereocenters. The third kappa shape index (κ3) is 2.98. The quantitative estimate of drug-likeness (QED) is 0.621. The van der Waals surface area contributed by atoms with Crippen LogP contribution in [0.3, 0.4) is 0 Å². The van der Waals surface area contributed by atoms with Gasteiger partial charge in [-0.15, -0.1) is 0 Å². The van der Waals surface area contributed by atoms with Crippen LogP contribution in [-0.2, 0) is 19.9 Å². The van der Waals surface area contributed by atoms with Crippen molar-refractivity contribution in [1.29, 1.82) is 0 Å². The fourth-order valence-corrected chi connectivity index (χ4v) is 2.90. The number of hydrazine groups is 1. The number of nitrogens with two attached hydrogens (primary N) is 1. The molecule has 2 aromatic rings. The summed E-state index contributed by atoms with van der Waals surface area (Å²) < 4.78 is 1.86. The molecule has 0 radical (unpaired) electrons. The van der Waals surface area contributed by atoms with E-state index in [2.05, 4.69) is 40.5 Å². The first kappa shape index (κ1) is 13.3. The van der Waals surface area contributed by atoms with E-state index in [1.54, 1.807) is 11.3 Å². The highest BCUT2D eigenvalue weighted by Gasteiger charge is 2.16. The molecule has 18 heavy (non-hydrogen) atoms. The molecule has 0 saturated heterocycles. The summed E-state index contributed by atoms with van der Waals surface area (Å²) in [4.78, 5) is 0. The van der Waals surface area contributed by atoms with Crippen molar-refractivity contribution in [3.8, 4) is 0 Å². The Hall–Kier alpha value is -1.17. The zero-order chi connectivity index (χ0) is 13.0. The van der Waals surface area contributed by atoms with Gasteiger partial charge < -0.3 is 0 Å². The normalized spacial score (nSPS) is 12.8. The Kier molecular flexibility index (Phi) is 4.52. The number of nitrogens with one attached hydrogen (secondary N) is 1. The van der Waals surface area contributed by atoms with Gasteiger partial charge in [-0.25, -0.2) is 0 Å². The van der Waals surface area contributed by atoms with Crippen LogP contribution in [0.4, 0.5) is 0 Å². The molecule has 4 nitrogen and oxygen atoms in total. The van der Waals surface area contributed by atoms with Gasteiger partial charge in [0.15, 0.2) is 0 Å². The maximum atomic E-state index is 5.69. The monoisotopic (exact) mass is 264 g/mol. The SMILES string of the molecule is CCc1nn(C)cc1C(CCc1ccsc1)NN. The lowest BCUT2D eigenvalue weighted by Gasteiger charge is -2.15. The summed E-state index contributed by atoms with van der Waals surface area (Å²) in [5, 5.41) is 8.77. The summed E-state index contributed by atoms with van der Waals surface area (Å²) in [6.45, 7) is 2.12. The third-order valence-corrected chi connectivity index (χ3v) is 3.88. The van der Waals surface area contributed by atoms with Gasteiger partial charge in [-0.3, -0.25) is 16.0 Å². The van der Waals surface area contributed by atoms with Crippen LogP contribution in [0.2, 0.25) is 0 Å². The lowest BCUT2D eigenvalue weighted by Crippen LogP contribution is -2.28. The van der Waals surface area contributed by atoms with E-state index in [-0.39, 0.29) is 6.04 Å². The lowest BCUT2D eigenvalue weighted by molar-refractivity contribution is 0.513. The van der Waals surface area contributed by atoms with Gasteiger partial charge in [-0.05, 0) is 41.7 Å². The molecule has 0 fully saturated rings. The molecule has 2 aromatic heterocycles. The van der Waals surface area contributed by atoms with Crippen molar-refractivity contribution in [3.63, 3.8) is 0 Å². The molecule has 1 atom stereocenters. The van der Waals surface area contributed by atoms with E-state index < -0.39 is 0 Å². The summed E-state index contributed by atoms with van der Waals surface area (Å²) in [6, 6.07) is 2.34. The van der Waals surface area contributed by atoms with Crippen LogP contribution in [0.15, 0.2) is 23.0 Å². The molecule has 3 N–H and O–H groups in total. The maximum absolute atomic E-state index is 5.69. The number of aryl methyl sites for hydroxylation is 3. The number of rotatable bonds is 6. The van der Waals surface area contributed by atoms with E-state index >= 15 is 0 Å². The molecule has 98 valence electrons. The molecule has 0 aromatic carbocycles.